The summed E-state index contributed by atoms with van der Waals surface area (Å²) in [5, 5.41) is 0. The zero-order chi connectivity index (χ0) is 13.2. The number of aromatic nitrogens is 2. The smallest absolute Gasteiger partial charge is 0.137 e. The number of benzene rings is 1. The average molecular weight is 380 g/mol. The molecule has 3 aromatic rings. The van der Waals surface area contributed by atoms with E-state index < -0.39 is 0 Å². The maximum Gasteiger partial charge on any atom is 0.137 e. The van der Waals surface area contributed by atoms with Crippen LogP contribution in [0.15, 0.2) is 54.9 Å². The van der Waals surface area contributed by atoms with Crippen molar-refractivity contribution in [2.24, 2.45) is 0 Å². The third-order valence-electron chi connectivity index (χ3n) is 2.89. The van der Waals surface area contributed by atoms with Gasteiger partial charge in [-0.3, -0.25) is 0 Å². The number of ether oxygens (including phenoxy) is 1. The van der Waals surface area contributed by atoms with Gasteiger partial charge in [-0.2, -0.15) is 0 Å². The summed E-state index contributed by atoms with van der Waals surface area (Å²) in [6.07, 6.45) is 4.23. The van der Waals surface area contributed by atoms with Crippen molar-refractivity contribution in [1.29, 1.82) is 0 Å². The number of halogens is 1. The lowest BCUT2D eigenvalue weighted by Crippen LogP contribution is -2.05. The van der Waals surface area contributed by atoms with Crippen molar-refractivity contribution in [3.63, 3.8) is 0 Å². The largest absolute Gasteiger partial charge is 0.491 e. The van der Waals surface area contributed by atoms with Gasteiger partial charge in [0.25, 0.3) is 0 Å². The molecule has 0 amide bonds. The molecule has 0 N–H and O–H groups in total. The van der Waals surface area contributed by atoms with Gasteiger partial charge in [-0.25, -0.2) is 4.98 Å². The van der Waals surface area contributed by atoms with Gasteiger partial charge in [-0.1, -0.05) is 6.07 Å². The summed E-state index contributed by atoms with van der Waals surface area (Å²) in [6, 6.07) is 14.0. The highest BCUT2D eigenvalue weighted by Gasteiger charge is 2.04. The maximum atomic E-state index is 5.64. The fourth-order valence-corrected chi connectivity index (χ4v) is 2.05. The number of rotatable bonds is 3. The predicted molar refractivity (Wildman–Crippen MR) is 91.8 cm³/mol. The highest BCUT2D eigenvalue weighted by Crippen LogP contribution is 2.22. The molecule has 0 aliphatic heterocycles. The van der Waals surface area contributed by atoms with E-state index in [1.807, 2.05) is 73.1 Å². The molecule has 0 bridgehead atoms. The zero-order valence-corrected chi connectivity index (χ0v) is 13.8. The lowest BCUT2D eigenvalue weighted by atomic mass is 10.1. The van der Waals surface area contributed by atoms with Gasteiger partial charge in [0, 0.05) is 18.0 Å². The van der Waals surface area contributed by atoms with Crippen LogP contribution in [-0.4, -0.2) is 15.5 Å². The van der Waals surface area contributed by atoms with E-state index in [9.17, 15) is 0 Å². The minimum atomic E-state index is 0. The monoisotopic (exact) mass is 380 g/mol. The van der Waals surface area contributed by atoms with Crippen molar-refractivity contribution in [3.8, 4) is 17.0 Å². The second-order valence-electron chi connectivity index (χ2n) is 4.78. The number of pyridine rings is 1. The summed E-state index contributed by atoms with van der Waals surface area (Å²) in [5.41, 5.74) is 3.03. The third kappa shape index (κ3) is 3.12. The topological polar surface area (TPSA) is 26.5 Å². The number of fused-ring (bicyclic) bond motifs is 1. The van der Waals surface area contributed by atoms with E-state index >= 15 is 0 Å². The summed E-state index contributed by atoms with van der Waals surface area (Å²) < 4.78 is 7.66. The van der Waals surface area contributed by atoms with Crippen LogP contribution in [0.4, 0.5) is 0 Å². The number of nitrogens with zero attached hydrogens (tertiary/aromatic N) is 2. The molecule has 20 heavy (non-hydrogen) atoms. The SMILES string of the molecule is CC(C)Oc1ccc(-c2cn3ccccc3n2)cc1.I. The summed E-state index contributed by atoms with van der Waals surface area (Å²) in [7, 11) is 0. The Kier molecular flexibility index (Phi) is 4.65. The van der Waals surface area contributed by atoms with Crippen LogP contribution in [0, 0.1) is 0 Å². The van der Waals surface area contributed by atoms with E-state index in [-0.39, 0.29) is 30.1 Å². The fourth-order valence-electron chi connectivity index (χ4n) is 2.05. The average Bonchev–Trinajstić information content (AvgIpc) is 2.82. The molecule has 0 radical (unpaired) electrons. The summed E-state index contributed by atoms with van der Waals surface area (Å²) >= 11 is 0. The van der Waals surface area contributed by atoms with Gasteiger partial charge < -0.3 is 9.14 Å². The van der Waals surface area contributed by atoms with Crippen molar-refractivity contribution in [2.45, 2.75) is 20.0 Å². The van der Waals surface area contributed by atoms with E-state index in [1.165, 1.54) is 0 Å². The van der Waals surface area contributed by atoms with Gasteiger partial charge in [-0.05, 0) is 50.2 Å². The van der Waals surface area contributed by atoms with Gasteiger partial charge in [0.05, 0.1) is 11.8 Å². The van der Waals surface area contributed by atoms with Crippen LogP contribution in [0.2, 0.25) is 0 Å². The molecule has 3 rings (SSSR count). The molecule has 0 unspecified atom stereocenters. The molecule has 1 aromatic carbocycles. The van der Waals surface area contributed by atoms with E-state index in [1.54, 1.807) is 0 Å². The molecule has 0 aliphatic rings. The Bertz CT molecular complexity index is 656. The minimum Gasteiger partial charge on any atom is -0.491 e. The van der Waals surface area contributed by atoms with Gasteiger partial charge in [0.1, 0.15) is 11.4 Å². The first-order valence-corrected chi connectivity index (χ1v) is 6.43. The first-order valence-electron chi connectivity index (χ1n) is 6.43. The van der Waals surface area contributed by atoms with Crippen molar-refractivity contribution in [2.75, 3.05) is 0 Å². The molecular formula is C16H17IN2O. The van der Waals surface area contributed by atoms with E-state index in [2.05, 4.69) is 4.98 Å². The standard InChI is InChI=1S/C16H16N2O.HI/c1-12(2)19-14-8-6-13(7-9-14)15-11-18-10-4-3-5-16(18)17-15;/h3-12H,1-2H3;1H. The minimum absolute atomic E-state index is 0. The number of imidazole rings is 1. The lowest BCUT2D eigenvalue weighted by molar-refractivity contribution is 0.242. The first-order chi connectivity index (χ1) is 9.22. The Morgan fingerprint density at radius 3 is 2.45 bits per heavy atom. The zero-order valence-electron chi connectivity index (χ0n) is 11.5. The van der Waals surface area contributed by atoms with E-state index in [0.717, 1.165) is 22.7 Å². The van der Waals surface area contributed by atoms with Gasteiger partial charge in [-0.15, -0.1) is 24.0 Å². The van der Waals surface area contributed by atoms with Gasteiger partial charge in [0.15, 0.2) is 0 Å². The summed E-state index contributed by atoms with van der Waals surface area (Å²) in [6.45, 7) is 4.05. The highest BCUT2D eigenvalue weighted by atomic mass is 127. The van der Waals surface area contributed by atoms with Crippen LogP contribution >= 0.6 is 24.0 Å². The lowest BCUT2D eigenvalue weighted by Gasteiger charge is -2.09. The van der Waals surface area contributed by atoms with E-state index in [4.69, 9.17) is 4.74 Å². The molecular weight excluding hydrogens is 363 g/mol. The molecule has 104 valence electrons. The second kappa shape index (κ2) is 6.26. The number of hydrogen-bond acceptors (Lipinski definition) is 2. The van der Waals surface area contributed by atoms with Gasteiger partial charge in [0.2, 0.25) is 0 Å². The van der Waals surface area contributed by atoms with Gasteiger partial charge >= 0.3 is 0 Å². The summed E-state index contributed by atoms with van der Waals surface area (Å²) in [5.74, 6) is 0.891. The molecule has 0 spiro atoms. The van der Waals surface area contributed by atoms with Crippen LogP contribution in [0.5, 0.6) is 5.75 Å². The highest BCUT2D eigenvalue weighted by molar-refractivity contribution is 14.0. The predicted octanol–water partition coefficient (Wildman–Crippen LogP) is 4.41. The van der Waals surface area contributed by atoms with Crippen molar-refractivity contribution < 1.29 is 4.74 Å². The van der Waals surface area contributed by atoms with Crippen LogP contribution in [-0.2, 0) is 0 Å². The van der Waals surface area contributed by atoms with Crippen molar-refractivity contribution >= 4 is 29.6 Å². The Balaban J connectivity index is 0.00000147. The molecule has 0 atom stereocenters. The molecule has 0 saturated carbocycles. The number of hydrogen-bond donors (Lipinski definition) is 0. The molecule has 3 nitrogen and oxygen atoms in total. The summed E-state index contributed by atoms with van der Waals surface area (Å²) in [4.78, 5) is 4.60. The molecule has 0 saturated heterocycles. The first kappa shape index (κ1) is 14.8. The molecule has 0 fully saturated rings. The Hall–Kier alpha value is -1.56. The van der Waals surface area contributed by atoms with Crippen LogP contribution in [0.1, 0.15) is 13.8 Å². The van der Waals surface area contributed by atoms with Crippen LogP contribution in [0.3, 0.4) is 0 Å². The fraction of sp³-hybridized carbons (Fsp3) is 0.188. The van der Waals surface area contributed by atoms with Crippen LogP contribution in [0.25, 0.3) is 16.9 Å². The Labute approximate surface area is 135 Å². The maximum absolute atomic E-state index is 5.64. The van der Waals surface area contributed by atoms with Crippen LogP contribution < -0.4 is 4.74 Å². The third-order valence-corrected chi connectivity index (χ3v) is 2.89. The quantitative estimate of drug-likeness (QED) is 0.630. The normalized spacial score (nSPS) is 10.6. The van der Waals surface area contributed by atoms with Crippen molar-refractivity contribution in [1.82, 2.24) is 9.38 Å². The molecule has 4 heteroatoms. The molecule has 0 aliphatic carbocycles. The second-order valence-corrected chi connectivity index (χ2v) is 4.78. The molecule has 2 heterocycles. The Morgan fingerprint density at radius 1 is 1.05 bits per heavy atom. The van der Waals surface area contributed by atoms with Crippen molar-refractivity contribution in [3.05, 3.63) is 54.9 Å². The van der Waals surface area contributed by atoms with E-state index in [0.29, 0.717) is 0 Å². The molecule has 2 aromatic heterocycles. The Morgan fingerprint density at radius 2 is 1.80 bits per heavy atom.